The smallest absolute Gasteiger partial charge is 0.269 e. The van der Waals surface area contributed by atoms with E-state index in [1.165, 1.54) is 23.9 Å². The Labute approximate surface area is 164 Å². The van der Waals surface area contributed by atoms with Gasteiger partial charge in [-0.3, -0.25) is 14.9 Å². The maximum absolute atomic E-state index is 12.2. The summed E-state index contributed by atoms with van der Waals surface area (Å²) in [5.41, 5.74) is 1.04. The number of non-ortho nitro benzene ring substituents is 1. The van der Waals surface area contributed by atoms with E-state index in [9.17, 15) is 14.9 Å². The minimum absolute atomic E-state index is 0.0231. The van der Waals surface area contributed by atoms with E-state index in [0.717, 1.165) is 10.5 Å². The molecule has 0 bridgehead atoms. The number of nitro groups is 1. The zero-order chi connectivity index (χ0) is 19.2. The summed E-state index contributed by atoms with van der Waals surface area (Å²) >= 11 is 7.19. The van der Waals surface area contributed by atoms with Crippen LogP contribution in [0.4, 0.5) is 11.5 Å². The predicted molar refractivity (Wildman–Crippen MR) is 105 cm³/mol. The van der Waals surface area contributed by atoms with Crippen LogP contribution in [0, 0.1) is 10.1 Å². The lowest BCUT2D eigenvalue weighted by Gasteiger charge is -2.09. The van der Waals surface area contributed by atoms with Crippen molar-refractivity contribution < 1.29 is 9.72 Å². The Morgan fingerprint density at radius 3 is 2.52 bits per heavy atom. The van der Waals surface area contributed by atoms with Crippen molar-refractivity contribution in [2.24, 2.45) is 0 Å². The number of nitrogens with zero attached hydrogens (tertiary/aromatic N) is 3. The van der Waals surface area contributed by atoms with Gasteiger partial charge in [0.2, 0.25) is 5.91 Å². The van der Waals surface area contributed by atoms with Gasteiger partial charge in [0.25, 0.3) is 5.69 Å². The molecule has 2 aromatic carbocycles. The van der Waals surface area contributed by atoms with E-state index in [0.29, 0.717) is 17.4 Å². The third kappa shape index (κ3) is 5.32. The zero-order valence-electron chi connectivity index (χ0n) is 14.0. The summed E-state index contributed by atoms with van der Waals surface area (Å²) in [6.07, 6.45) is 1.62. The number of carbonyl (C=O) groups excluding carboxylic acids is 1. The molecule has 0 spiro atoms. The van der Waals surface area contributed by atoms with Gasteiger partial charge >= 0.3 is 0 Å². The minimum atomic E-state index is -0.455. The Morgan fingerprint density at radius 2 is 1.85 bits per heavy atom. The van der Waals surface area contributed by atoms with E-state index in [1.54, 1.807) is 41.2 Å². The van der Waals surface area contributed by atoms with Gasteiger partial charge in [-0.2, -0.15) is 5.10 Å². The first-order chi connectivity index (χ1) is 13.0. The Morgan fingerprint density at radius 1 is 1.15 bits per heavy atom. The molecular weight excluding hydrogens is 388 g/mol. The van der Waals surface area contributed by atoms with Crippen molar-refractivity contribution in [3.8, 4) is 0 Å². The predicted octanol–water partition coefficient (Wildman–Crippen LogP) is 4.22. The highest BCUT2D eigenvalue weighted by Crippen LogP contribution is 2.21. The van der Waals surface area contributed by atoms with Crippen LogP contribution in [0.5, 0.6) is 0 Å². The number of nitro benzene ring substituents is 1. The Hall–Kier alpha value is -2.84. The van der Waals surface area contributed by atoms with Gasteiger partial charge in [0.15, 0.2) is 0 Å². The van der Waals surface area contributed by atoms with Crippen LogP contribution in [-0.2, 0) is 11.3 Å². The van der Waals surface area contributed by atoms with Gasteiger partial charge in [-0.25, -0.2) is 4.68 Å². The first-order valence-corrected chi connectivity index (χ1v) is 9.31. The van der Waals surface area contributed by atoms with Crippen molar-refractivity contribution in [2.75, 3.05) is 11.1 Å². The highest BCUT2D eigenvalue weighted by molar-refractivity contribution is 8.00. The average Bonchev–Trinajstić information content (AvgIpc) is 3.09. The molecule has 138 valence electrons. The number of hydrogen-bond donors (Lipinski definition) is 1. The molecule has 3 rings (SSSR count). The number of anilines is 1. The second-order valence-corrected chi connectivity index (χ2v) is 7.07. The molecule has 0 fully saturated rings. The number of amides is 1. The summed E-state index contributed by atoms with van der Waals surface area (Å²) in [6.45, 7) is 0.509. The van der Waals surface area contributed by atoms with Gasteiger partial charge in [0.1, 0.15) is 5.82 Å². The number of aromatic nitrogens is 2. The monoisotopic (exact) mass is 402 g/mol. The number of thioether (sulfide) groups is 1. The molecule has 9 heteroatoms. The lowest BCUT2D eigenvalue weighted by Crippen LogP contribution is -2.17. The molecule has 1 heterocycles. The van der Waals surface area contributed by atoms with Gasteiger partial charge in [-0.1, -0.05) is 23.7 Å². The molecular formula is C18H15ClN4O3S. The van der Waals surface area contributed by atoms with Crippen molar-refractivity contribution in [1.29, 1.82) is 0 Å². The van der Waals surface area contributed by atoms with E-state index >= 15 is 0 Å². The van der Waals surface area contributed by atoms with E-state index in [1.807, 2.05) is 12.1 Å². The van der Waals surface area contributed by atoms with Crippen LogP contribution in [-0.4, -0.2) is 26.4 Å². The number of hydrogen-bond acceptors (Lipinski definition) is 5. The molecule has 0 saturated heterocycles. The third-order valence-corrected chi connectivity index (χ3v) is 4.91. The highest BCUT2D eigenvalue weighted by atomic mass is 35.5. The first-order valence-electron chi connectivity index (χ1n) is 7.94. The zero-order valence-corrected chi connectivity index (χ0v) is 15.6. The third-order valence-electron chi connectivity index (χ3n) is 3.65. The fourth-order valence-corrected chi connectivity index (χ4v) is 3.14. The molecule has 0 saturated carbocycles. The van der Waals surface area contributed by atoms with Crippen LogP contribution >= 0.6 is 23.4 Å². The normalized spacial score (nSPS) is 10.6. The molecule has 1 N–H and O–H groups in total. The van der Waals surface area contributed by atoms with E-state index < -0.39 is 4.92 Å². The summed E-state index contributed by atoms with van der Waals surface area (Å²) in [5.74, 6) is 0.597. The van der Waals surface area contributed by atoms with E-state index in [-0.39, 0.29) is 17.3 Å². The topological polar surface area (TPSA) is 90.1 Å². The van der Waals surface area contributed by atoms with Crippen LogP contribution in [0.1, 0.15) is 5.56 Å². The number of halogens is 1. The summed E-state index contributed by atoms with van der Waals surface area (Å²) in [4.78, 5) is 23.2. The molecule has 0 unspecified atom stereocenters. The molecule has 0 aliphatic carbocycles. The molecule has 27 heavy (non-hydrogen) atoms. The lowest BCUT2D eigenvalue weighted by atomic mass is 10.2. The summed E-state index contributed by atoms with van der Waals surface area (Å²) in [5, 5.41) is 18.4. The minimum Gasteiger partial charge on any atom is -0.310 e. The molecule has 3 aromatic rings. The van der Waals surface area contributed by atoms with Crippen LogP contribution in [0.2, 0.25) is 5.02 Å². The summed E-state index contributed by atoms with van der Waals surface area (Å²) < 4.78 is 1.69. The average molecular weight is 403 g/mol. The fraction of sp³-hybridized carbons (Fsp3) is 0.111. The molecule has 1 amide bonds. The fourth-order valence-electron chi connectivity index (χ4n) is 2.32. The maximum atomic E-state index is 12.2. The second-order valence-electron chi connectivity index (χ2n) is 5.59. The van der Waals surface area contributed by atoms with Gasteiger partial charge < -0.3 is 5.32 Å². The van der Waals surface area contributed by atoms with E-state index in [4.69, 9.17) is 11.6 Å². The molecule has 0 aliphatic heterocycles. The Bertz CT molecular complexity index is 942. The van der Waals surface area contributed by atoms with Crippen molar-refractivity contribution in [2.45, 2.75) is 11.4 Å². The van der Waals surface area contributed by atoms with Crippen LogP contribution in [0.3, 0.4) is 0 Å². The molecule has 0 radical (unpaired) electrons. The summed E-state index contributed by atoms with van der Waals surface area (Å²) in [6, 6.07) is 15.2. The standard InChI is InChI=1S/C18H15ClN4O3S/c19-14-3-1-13(2-4-14)11-22-17(9-10-20-22)21-18(24)12-27-16-7-5-15(6-8-16)23(25)26/h1-10H,11-12H2,(H,21,24). The van der Waals surface area contributed by atoms with Gasteiger partial charge in [-0.05, 0) is 29.8 Å². The highest BCUT2D eigenvalue weighted by Gasteiger charge is 2.10. The summed E-state index contributed by atoms with van der Waals surface area (Å²) in [7, 11) is 0. The van der Waals surface area contributed by atoms with Crippen LogP contribution < -0.4 is 5.32 Å². The number of carbonyl (C=O) groups is 1. The number of rotatable bonds is 7. The van der Waals surface area contributed by atoms with Gasteiger partial charge in [-0.15, -0.1) is 11.8 Å². The van der Waals surface area contributed by atoms with Crippen molar-refractivity contribution in [3.63, 3.8) is 0 Å². The molecule has 1 aromatic heterocycles. The molecule has 7 nitrogen and oxygen atoms in total. The number of nitrogens with one attached hydrogen (secondary N) is 1. The number of benzene rings is 2. The van der Waals surface area contributed by atoms with Gasteiger partial charge in [0.05, 0.1) is 23.4 Å². The maximum Gasteiger partial charge on any atom is 0.269 e. The van der Waals surface area contributed by atoms with Crippen LogP contribution in [0.15, 0.2) is 65.7 Å². The quantitative estimate of drug-likeness (QED) is 0.363. The molecule has 0 atom stereocenters. The van der Waals surface area contributed by atoms with Gasteiger partial charge in [0, 0.05) is 28.1 Å². The Balaban J connectivity index is 1.56. The van der Waals surface area contributed by atoms with Crippen molar-refractivity contribution in [3.05, 3.63) is 81.5 Å². The molecule has 0 aliphatic rings. The van der Waals surface area contributed by atoms with E-state index in [2.05, 4.69) is 10.4 Å². The first kappa shape index (κ1) is 18.9. The SMILES string of the molecule is O=C(CSc1ccc([N+](=O)[O-])cc1)Nc1ccnn1Cc1ccc(Cl)cc1. The lowest BCUT2D eigenvalue weighted by molar-refractivity contribution is -0.384. The Kier molecular flexibility index (Phi) is 6.10. The van der Waals surface area contributed by atoms with Crippen molar-refractivity contribution >= 4 is 40.8 Å². The van der Waals surface area contributed by atoms with Crippen LogP contribution in [0.25, 0.3) is 0 Å². The van der Waals surface area contributed by atoms with Crippen molar-refractivity contribution in [1.82, 2.24) is 9.78 Å². The largest absolute Gasteiger partial charge is 0.310 e. The second kappa shape index (κ2) is 8.70.